The van der Waals surface area contributed by atoms with Crippen molar-refractivity contribution >= 4 is 17.6 Å². The van der Waals surface area contributed by atoms with Crippen LogP contribution in [0.15, 0.2) is 10.7 Å². The third kappa shape index (κ3) is 2.75. The van der Waals surface area contributed by atoms with Crippen LogP contribution in [-0.2, 0) is 5.88 Å². The van der Waals surface area contributed by atoms with Crippen LogP contribution in [0.2, 0.25) is 0 Å². The Morgan fingerprint density at radius 3 is 2.88 bits per heavy atom. The van der Waals surface area contributed by atoms with E-state index in [1.54, 1.807) is 6.26 Å². The SMILES string of the molecule is CCN(CC)C1CCN(c2nc(CCl)co2)C1. The van der Waals surface area contributed by atoms with Crippen LogP contribution in [0, 0.1) is 0 Å². The van der Waals surface area contributed by atoms with Gasteiger partial charge in [0.05, 0.1) is 11.6 Å². The molecule has 1 aliphatic rings. The topological polar surface area (TPSA) is 32.5 Å². The molecule has 1 aliphatic heterocycles. The molecule has 1 fully saturated rings. The predicted octanol–water partition coefficient (Wildman–Crippen LogP) is 2.33. The summed E-state index contributed by atoms with van der Waals surface area (Å²) >= 11 is 5.72. The molecule has 5 heteroatoms. The summed E-state index contributed by atoms with van der Waals surface area (Å²) in [6, 6.07) is 1.34. The fourth-order valence-corrected chi connectivity index (χ4v) is 2.58. The van der Waals surface area contributed by atoms with Crippen LogP contribution in [0.25, 0.3) is 0 Å². The summed E-state index contributed by atoms with van der Waals surface area (Å²) < 4.78 is 5.45. The van der Waals surface area contributed by atoms with Gasteiger partial charge in [0.25, 0.3) is 6.01 Å². The third-order valence-electron chi connectivity index (χ3n) is 3.44. The summed E-state index contributed by atoms with van der Waals surface area (Å²) in [5, 5.41) is 0. The van der Waals surface area contributed by atoms with Crippen LogP contribution in [0.4, 0.5) is 6.01 Å². The van der Waals surface area contributed by atoms with Gasteiger partial charge in [-0.3, -0.25) is 4.90 Å². The Balaban J connectivity index is 1.97. The number of hydrogen-bond donors (Lipinski definition) is 0. The number of rotatable bonds is 5. The Kier molecular flexibility index (Phi) is 4.29. The molecule has 4 nitrogen and oxygen atoms in total. The number of aromatic nitrogens is 1. The van der Waals surface area contributed by atoms with E-state index in [0.29, 0.717) is 11.9 Å². The van der Waals surface area contributed by atoms with Crippen LogP contribution in [0.5, 0.6) is 0 Å². The highest BCUT2D eigenvalue weighted by molar-refractivity contribution is 6.16. The van der Waals surface area contributed by atoms with Crippen molar-refractivity contribution < 1.29 is 4.42 Å². The van der Waals surface area contributed by atoms with E-state index in [-0.39, 0.29) is 0 Å². The maximum absolute atomic E-state index is 5.72. The first kappa shape index (κ1) is 12.7. The van der Waals surface area contributed by atoms with E-state index in [1.807, 2.05) is 0 Å². The highest BCUT2D eigenvalue weighted by Crippen LogP contribution is 2.22. The van der Waals surface area contributed by atoms with E-state index in [2.05, 4.69) is 28.6 Å². The Morgan fingerprint density at radius 1 is 1.53 bits per heavy atom. The minimum Gasteiger partial charge on any atom is -0.432 e. The molecule has 0 aliphatic carbocycles. The molecule has 0 aromatic carbocycles. The summed E-state index contributed by atoms with van der Waals surface area (Å²) in [5.41, 5.74) is 0.813. The van der Waals surface area contributed by atoms with Gasteiger partial charge < -0.3 is 9.32 Å². The highest BCUT2D eigenvalue weighted by Gasteiger charge is 2.28. The molecule has 1 atom stereocenters. The number of alkyl halides is 1. The number of hydrogen-bond acceptors (Lipinski definition) is 4. The minimum atomic E-state index is 0.414. The Hall–Kier alpha value is -0.740. The molecule has 1 unspecified atom stereocenters. The van der Waals surface area contributed by atoms with E-state index in [9.17, 15) is 0 Å². The second-order valence-electron chi connectivity index (χ2n) is 4.36. The predicted molar refractivity (Wildman–Crippen MR) is 69.6 cm³/mol. The van der Waals surface area contributed by atoms with Crippen LogP contribution in [0.1, 0.15) is 26.0 Å². The molecule has 17 heavy (non-hydrogen) atoms. The lowest BCUT2D eigenvalue weighted by Crippen LogP contribution is -2.37. The van der Waals surface area contributed by atoms with Gasteiger partial charge >= 0.3 is 0 Å². The summed E-state index contributed by atoms with van der Waals surface area (Å²) in [6.45, 7) is 8.65. The molecule has 0 saturated carbocycles. The Labute approximate surface area is 108 Å². The van der Waals surface area contributed by atoms with Crippen molar-refractivity contribution in [1.29, 1.82) is 0 Å². The van der Waals surface area contributed by atoms with Gasteiger partial charge in [-0.15, -0.1) is 11.6 Å². The molecule has 0 radical (unpaired) electrons. The van der Waals surface area contributed by atoms with Gasteiger partial charge in [0.15, 0.2) is 0 Å². The zero-order valence-electron chi connectivity index (χ0n) is 10.5. The molecule has 0 bridgehead atoms. The van der Waals surface area contributed by atoms with Crippen LogP contribution in [-0.4, -0.2) is 42.1 Å². The second-order valence-corrected chi connectivity index (χ2v) is 4.63. The first-order chi connectivity index (χ1) is 8.28. The molecule has 1 saturated heterocycles. The van der Waals surface area contributed by atoms with E-state index in [0.717, 1.165) is 37.9 Å². The maximum atomic E-state index is 5.72. The van der Waals surface area contributed by atoms with Crippen LogP contribution >= 0.6 is 11.6 Å². The molecule has 1 aromatic heterocycles. The Morgan fingerprint density at radius 2 is 2.29 bits per heavy atom. The van der Waals surface area contributed by atoms with Gasteiger partial charge in [-0.1, -0.05) is 13.8 Å². The van der Waals surface area contributed by atoms with E-state index in [4.69, 9.17) is 16.0 Å². The molecule has 0 spiro atoms. The van der Waals surface area contributed by atoms with Crippen molar-refractivity contribution in [3.63, 3.8) is 0 Å². The fourth-order valence-electron chi connectivity index (χ4n) is 2.46. The summed E-state index contributed by atoms with van der Waals surface area (Å²) in [5.74, 6) is 0.414. The lowest BCUT2D eigenvalue weighted by molar-refractivity contribution is 0.232. The van der Waals surface area contributed by atoms with Gasteiger partial charge in [0.1, 0.15) is 6.26 Å². The second kappa shape index (κ2) is 5.74. The van der Waals surface area contributed by atoms with Crippen molar-refractivity contribution in [2.75, 3.05) is 31.1 Å². The first-order valence-electron chi connectivity index (χ1n) is 6.27. The standard InChI is InChI=1S/C12H20ClN3O/c1-3-15(4-2)11-5-6-16(8-11)12-14-10(7-13)9-17-12/h9,11H,3-8H2,1-2H3. The van der Waals surface area contributed by atoms with Gasteiger partial charge in [-0.2, -0.15) is 4.98 Å². The number of halogens is 1. The third-order valence-corrected chi connectivity index (χ3v) is 3.71. The van der Waals surface area contributed by atoms with Crippen LogP contribution in [0.3, 0.4) is 0 Å². The van der Waals surface area contributed by atoms with Gasteiger partial charge in [-0.25, -0.2) is 0 Å². The maximum Gasteiger partial charge on any atom is 0.297 e. The zero-order chi connectivity index (χ0) is 12.3. The van der Waals surface area contributed by atoms with Gasteiger partial charge in [0.2, 0.25) is 0 Å². The molecule has 2 rings (SSSR count). The fraction of sp³-hybridized carbons (Fsp3) is 0.750. The minimum absolute atomic E-state index is 0.414. The smallest absolute Gasteiger partial charge is 0.297 e. The molecule has 96 valence electrons. The Bertz CT molecular complexity index is 351. The molecular weight excluding hydrogens is 238 g/mol. The normalized spacial score (nSPS) is 20.5. The molecule has 0 amide bonds. The van der Waals surface area contributed by atoms with Crippen molar-refractivity contribution in [2.24, 2.45) is 0 Å². The average molecular weight is 258 g/mol. The van der Waals surface area contributed by atoms with Crippen LogP contribution < -0.4 is 4.90 Å². The molecule has 1 aromatic rings. The van der Waals surface area contributed by atoms with Gasteiger partial charge in [0, 0.05) is 19.1 Å². The average Bonchev–Trinajstić information content (AvgIpc) is 2.98. The quantitative estimate of drug-likeness (QED) is 0.758. The number of oxazole rings is 1. The zero-order valence-corrected chi connectivity index (χ0v) is 11.3. The van der Waals surface area contributed by atoms with Crippen molar-refractivity contribution in [3.8, 4) is 0 Å². The van der Waals surface area contributed by atoms with Crippen molar-refractivity contribution in [1.82, 2.24) is 9.88 Å². The number of anilines is 1. The summed E-state index contributed by atoms with van der Waals surface area (Å²) in [7, 11) is 0. The highest BCUT2D eigenvalue weighted by atomic mass is 35.5. The number of nitrogens with zero attached hydrogens (tertiary/aromatic N) is 3. The van der Waals surface area contributed by atoms with Gasteiger partial charge in [-0.05, 0) is 19.5 Å². The lowest BCUT2D eigenvalue weighted by Gasteiger charge is -2.25. The van der Waals surface area contributed by atoms with Crippen molar-refractivity contribution in [3.05, 3.63) is 12.0 Å². The van der Waals surface area contributed by atoms with E-state index in [1.165, 1.54) is 6.42 Å². The molecule has 0 N–H and O–H groups in total. The van der Waals surface area contributed by atoms with E-state index < -0.39 is 0 Å². The van der Waals surface area contributed by atoms with Crippen molar-refractivity contribution in [2.45, 2.75) is 32.2 Å². The molecule has 2 heterocycles. The number of likely N-dealkylation sites (N-methyl/N-ethyl adjacent to an activating group) is 1. The lowest BCUT2D eigenvalue weighted by atomic mass is 10.2. The van der Waals surface area contributed by atoms with E-state index >= 15 is 0 Å². The first-order valence-corrected chi connectivity index (χ1v) is 6.81. The summed E-state index contributed by atoms with van der Waals surface area (Å²) in [4.78, 5) is 9.06. The molecular formula is C12H20ClN3O. The largest absolute Gasteiger partial charge is 0.432 e. The monoisotopic (exact) mass is 257 g/mol. The summed E-state index contributed by atoms with van der Waals surface area (Å²) in [6.07, 6.45) is 2.83.